The quantitative estimate of drug-likeness (QED) is 0.189. The van der Waals surface area contributed by atoms with E-state index in [0.717, 1.165) is 64.4 Å². The monoisotopic (exact) mass is 1010 g/mol. The highest BCUT2D eigenvalue weighted by Crippen LogP contribution is 1.93. The van der Waals surface area contributed by atoms with Gasteiger partial charge in [-0.3, -0.25) is 13.9 Å². The molecule has 0 aliphatic carbocycles. The zero-order valence-corrected chi connectivity index (χ0v) is 45.4. The van der Waals surface area contributed by atoms with Crippen LogP contribution in [0, 0.1) is 51.1 Å². The standard InChI is InChI=1S/C6H8N2.C5H9N3O2.C5H7N3O2.C5H9N3O.C5H9N3S.C5H7N3.C4H7N3S.C4H6N2.C2H6/c1-5-3-4-7-6(2)8-5;1-6-4(9)7(2)8(3)5(6)10;1-7-4(9)3-6-8(2)5(7)10;2*1-4-6-8(3)5(9)7(4)2;1-4-6-3-7-5(2)8-4;1-6-3-5-7(2)4(6)8;1-6-3-2-5-4-6;1-2/h3-4H,1-2H3;1-3H3;3H,1-2H3;2*1-3H3;2*3H,1-2H3;2-4H,1H3;1-2H3. The molecule has 0 aromatic carbocycles. The summed E-state index contributed by atoms with van der Waals surface area (Å²) in [6.45, 7) is 15.2. The average molecular weight is 1010 g/mol. The summed E-state index contributed by atoms with van der Waals surface area (Å²) in [5.74, 6) is 4.07. The first-order valence-corrected chi connectivity index (χ1v) is 21.8. The third kappa shape index (κ3) is 20.7. The Morgan fingerprint density at radius 3 is 1.20 bits per heavy atom. The lowest BCUT2D eigenvalue weighted by Crippen LogP contribution is -2.37. The van der Waals surface area contributed by atoms with Crippen molar-refractivity contribution >= 4 is 24.4 Å². The van der Waals surface area contributed by atoms with Gasteiger partial charge in [0, 0.05) is 109 Å². The van der Waals surface area contributed by atoms with Crippen molar-refractivity contribution in [1.82, 2.24) is 106 Å². The Bertz CT molecular complexity index is 3050. The van der Waals surface area contributed by atoms with Gasteiger partial charge in [0.05, 0.1) is 6.33 Å². The zero-order valence-electron chi connectivity index (χ0n) is 43.8. The van der Waals surface area contributed by atoms with E-state index in [1.54, 1.807) is 74.1 Å². The lowest BCUT2D eigenvalue weighted by Gasteiger charge is -1.96. The molecule has 27 nitrogen and oxygen atoms in total. The fourth-order valence-corrected chi connectivity index (χ4v) is 4.86. The Hall–Kier alpha value is -7.69. The van der Waals surface area contributed by atoms with E-state index < -0.39 is 5.69 Å². The summed E-state index contributed by atoms with van der Waals surface area (Å²) in [4.78, 5) is 77.6. The molecule has 384 valence electrons. The first kappa shape index (κ1) is 62.3. The Morgan fingerprint density at radius 2 is 0.986 bits per heavy atom. The molecule has 0 spiro atoms. The lowest BCUT2D eigenvalue weighted by molar-refractivity contribution is 0.565. The number of aryl methyl sites for hydroxylation is 12. The summed E-state index contributed by atoms with van der Waals surface area (Å²) >= 11 is 9.87. The number of aromatic nitrogens is 22. The predicted octanol–water partition coefficient (Wildman–Crippen LogP) is 0.642. The molecule has 0 saturated heterocycles. The molecule has 0 atom stereocenters. The molecule has 0 radical (unpaired) electrons. The van der Waals surface area contributed by atoms with Crippen molar-refractivity contribution in [2.75, 3.05) is 0 Å². The minimum absolute atomic E-state index is 0.0764. The first-order valence-electron chi connectivity index (χ1n) is 21.0. The van der Waals surface area contributed by atoms with Gasteiger partial charge < -0.3 is 13.7 Å². The van der Waals surface area contributed by atoms with E-state index in [2.05, 4.69) is 50.3 Å². The van der Waals surface area contributed by atoms with Gasteiger partial charge in [0.2, 0.25) is 0 Å². The Labute approximate surface area is 415 Å². The van der Waals surface area contributed by atoms with Gasteiger partial charge in [0.15, 0.2) is 9.54 Å². The van der Waals surface area contributed by atoms with Gasteiger partial charge in [0.1, 0.15) is 48.0 Å². The maximum atomic E-state index is 10.9. The van der Waals surface area contributed by atoms with Crippen molar-refractivity contribution in [3.05, 3.63) is 146 Å². The molecule has 0 bridgehead atoms. The van der Waals surface area contributed by atoms with Gasteiger partial charge in [-0.1, -0.05) is 13.8 Å². The number of nitrogens with zero attached hydrogens (tertiary/aromatic N) is 22. The van der Waals surface area contributed by atoms with Crippen LogP contribution in [0.4, 0.5) is 0 Å². The maximum absolute atomic E-state index is 10.9. The van der Waals surface area contributed by atoms with Crippen LogP contribution in [0.2, 0.25) is 0 Å². The van der Waals surface area contributed by atoms with E-state index in [4.69, 9.17) is 24.4 Å². The van der Waals surface area contributed by atoms with E-state index >= 15 is 0 Å². The maximum Gasteiger partial charge on any atom is 0.346 e. The minimum atomic E-state index is -0.410. The molecule has 8 heterocycles. The third-order valence-electron chi connectivity index (χ3n) is 8.84. The molecule has 70 heavy (non-hydrogen) atoms. The molecule has 0 amide bonds. The average Bonchev–Trinajstić information content (AvgIpc) is 4.08. The molecule has 0 aliphatic heterocycles. The molecule has 8 aromatic heterocycles. The van der Waals surface area contributed by atoms with Crippen LogP contribution in [-0.4, -0.2) is 106 Å². The van der Waals surface area contributed by atoms with Crippen LogP contribution >= 0.6 is 24.4 Å². The van der Waals surface area contributed by atoms with Gasteiger partial charge in [-0.15, -0.1) is 0 Å². The van der Waals surface area contributed by atoms with Gasteiger partial charge in [-0.05, 0) is 72.0 Å². The van der Waals surface area contributed by atoms with Crippen LogP contribution in [-0.2, 0) is 84.6 Å². The number of imidazole rings is 1. The Balaban J connectivity index is 0.000000776. The molecule has 29 heteroatoms. The summed E-state index contributed by atoms with van der Waals surface area (Å²) in [6, 6.07) is 1.88. The van der Waals surface area contributed by atoms with Crippen molar-refractivity contribution in [1.29, 1.82) is 0 Å². The second-order valence-electron chi connectivity index (χ2n) is 14.3. The van der Waals surface area contributed by atoms with Crippen LogP contribution in [0.15, 0.2) is 73.8 Å². The first-order chi connectivity index (χ1) is 32.6. The smallest absolute Gasteiger partial charge is 0.341 e. The highest BCUT2D eigenvalue weighted by molar-refractivity contribution is 7.71. The van der Waals surface area contributed by atoms with Crippen LogP contribution in [0.3, 0.4) is 0 Å². The SMILES string of the molecule is CC.Cc1ccnc(C)n1.Cc1ncnc(C)n1.Cc1nn(C)c(=O)n1C.Cc1nn(C)c(=S)n1C.Cn1c(=O)n(C)n(C)c1=O.Cn1ccnc1.Cn1cnn(C)c1=S.Cn1ncc(=O)n(C)c1=O. The molecular weight excluding hydrogens is 945 g/mol. The van der Waals surface area contributed by atoms with Crippen molar-refractivity contribution in [3.8, 4) is 0 Å². The molecule has 0 N–H and O–H groups in total. The Kier molecular flexibility index (Phi) is 27.3. The highest BCUT2D eigenvalue weighted by Gasteiger charge is 2.04. The molecule has 0 aliphatic rings. The van der Waals surface area contributed by atoms with Crippen molar-refractivity contribution in [2.24, 2.45) is 84.6 Å². The summed E-state index contributed by atoms with van der Waals surface area (Å²) < 4.78 is 18.8. The number of rotatable bonds is 0. The van der Waals surface area contributed by atoms with Crippen molar-refractivity contribution in [2.45, 2.75) is 55.4 Å². The largest absolute Gasteiger partial charge is 0.346 e. The number of hydrogen-bond acceptors (Lipinski definition) is 17. The van der Waals surface area contributed by atoms with Gasteiger partial charge in [0.25, 0.3) is 5.56 Å². The Morgan fingerprint density at radius 1 is 0.486 bits per heavy atom. The molecule has 0 saturated carbocycles. The number of hydrogen-bond donors (Lipinski definition) is 0. The van der Waals surface area contributed by atoms with E-state index in [9.17, 15) is 24.0 Å². The summed E-state index contributed by atoms with van der Waals surface area (Å²) in [6.07, 6.45) is 11.4. The van der Waals surface area contributed by atoms with Crippen molar-refractivity contribution < 1.29 is 0 Å². The van der Waals surface area contributed by atoms with Gasteiger partial charge in [-0.25, -0.2) is 81.7 Å². The fraction of sp³-hybridized carbons (Fsp3) is 0.488. The van der Waals surface area contributed by atoms with Crippen LogP contribution < -0.4 is 28.3 Å². The zero-order chi connectivity index (χ0) is 54.2. The summed E-state index contributed by atoms with van der Waals surface area (Å²) in [7, 11) is 20.1. The predicted molar refractivity (Wildman–Crippen MR) is 270 cm³/mol. The second-order valence-corrected chi connectivity index (χ2v) is 15.1. The van der Waals surface area contributed by atoms with Gasteiger partial charge in [-0.2, -0.15) is 20.4 Å². The van der Waals surface area contributed by atoms with Crippen molar-refractivity contribution in [3.63, 3.8) is 0 Å². The van der Waals surface area contributed by atoms with E-state index in [1.165, 1.54) is 46.1 Å². The molecule has 0 unspecified atom stereocenters. The fourth-order valence-electron chi connectivity index (χ4n) is 4.59. The highest BCUT2D eigenvalue weighted by atomic mass is 32.1. The van der Waals surface area contributed by atoms with E-state index in [-0.39, 0.29) is 22.6 Å². The molecule has 0 fully saturated rings. The normalized spacial score (nSPS) is 9.54. The topological polar surface area (TPSA) is 273 Å². The molecule has 8 rings (SSSR count). The second kappa shape index (κ2) is 30.6. The minimum Gasteiger partial charge on any atom is -0.341 e. The van der Waals surface area contributed by atoms with E-state index in [0.29, 0.717) is 0 Å². The third-order valence-corrected chi connectivity index (χ3v) is 9.93. The van der Waals surface area contributed by atoms with Crippen LogP contribution in [0.25, 0.3) is 0 Å². The lowest BCUT2D eigenvalue weighted by atomic mass is 10.4. The van der Waals surface area contributed by atoms with Crippen LogP contribution in [0.5, 0.6) is 0 Å². The summed E-state index contributed by atoms with van der Waals surface area (Å²) in [5, 5.41) is 15.4. The van der Waals surface area contributed by atoms with Crippen LogP contribution in [0.1, 0.15) is 48.7 Å². The van der Waals surface area contributed by atoms with E-state index in [1.807, 2.05) is 105 Å². The van der Waals surface area contributed by atoms with Gasteiger partial charge >= 0.3 is 22.8 Å². The summed E-state index contributed by atoms with van der Waals surface area (Å²) in [5.41, 5.74) is -0.444. The molecular formula is C41H68N22O5S2. The molecule has 8 aromatic rings.